The Labute approximate surface area is 113 Å². The van der Waals surface area contributed by atoms with Gasteiger partial charge in [-0.2, -0.15) is 0 Å². The molecule has 2 atom stereocenters. The minimum atomic E-state index is -0.196. The molecular weight excluding hydrogens is 244 g/mol. The van der Waals surface area contributed by atoms with Gasteiger partial charge in [0.25, 0.3) is 0 Å². The largest absolute Gasteiger partial charge is 0.342 e. The molecule has 0 N–H and O–H groups in total. The van der Waals surface area contributed by atoms with Gasteiger partial charge >= 0.3 is 0 Å². The lowest BCUT2D eigenvalue weighted by molar-refractivity contribution is -0.138. The van der Waals surface area contributed by atoms with Crippen LogP contribution in [-0.2, 0) is 14.4 Å². The average molecular weight is 266 g/mol. The molecule has 1 saturated carbocycles. The standard InChI is InChI=1S/C14H22N2O3/c1-10(17)9-15(2)13(18)11-8-12(11)14(19)16-6-4-3-5-7-16/h11-12H,3-9H2,1-2H3/t11?,12-/m0/s1. The fraction of sp³-hybridized carbons (Fsp3) is 0.786. The number of carbonyl (C=O) groups excluding carboxylic acids is 3. The van der Waals surface area contributed by atoms with Crippen molar-refractivity contribution in [3.63, 3.8) is 0 Å². The fourth-order valence-electron chi connectivity index (χ4n) is 2.78. The number of ketones is 1. The first-order valence-corrected chi connectivity index (χ1v) is 7.04. The highest BCUT2D eigenvalue weighted by Crippen LogP contribution is 2.41. The molecule has 1 aliphatic heterocycles. The van der Waals surface area contributed by atoms with Crippen molar-refractivity contribution in [2.24, 2.45) is 11.8 Å². The predicted molar refractivity (Wildman–Crippen MR) is 70.3 cm³/mol. The third kappa shape index (κ3) is 3.33. The summed E-state index contributed by atoms with van der Waals surface area (Å²) >= 11 is 0. The number of piperidine rings is 1. The molecule has 2 aliphatic rings. The van der Waals surface area contributed by atoms with Gasteiger partial charge < -0.3 is 9.80 Å². The number of amides is 2. The number of hydrogen-bond donors (Lipinski definition) is 0. The van der Waals surface area contributed by atoms with Gasteiger partial charge in [-0.25, -0.2) is 0 Å². The molecule has 0 radical (unpaired) electrons. The van der Waals surface area contributed by atoms with Gasteiger partial charge in [0.2, 0.25) is 11.8 Å². The van der Waals surface area contributed by atoms with Gasteiger partial charge in [0.05, 0.1) is 18.4 Å². The molecule has 2 fully saturated rings. The first-order valence-electron chi connectivity index (χ1n) is 7.04. The third-order valence-corrected chi connectivity index (χ3v) is 3.93. The predicted octanol–water partition coefficient (Wildman–Crippen LogP) is 0.682. The Morgan fingerprint density at radius 1 is 1.11 bits per heavy atom. The summed E-state index contributed by atoms with van der Waals surface area (Å²) in [6.45, 7) is 3.27. The van der Waals surface area contributed by atoms with Gasteiger partial charge in [0.15, 0.2) is 0 Å². The van der Waals surface area contributed by atoms with E-state index in [1.54, 1.807) is 7.05 Å². The number of carbonyl (C=O) groups is 3. The van der Waals surface area contributed by atoms with E-state index >= 15 is 0 Å². The van der Waals surface area contributed by atoms with Crippen LogP contribution in [0.15, 0.2) is 0 Å². The van der Waals surface area contributed by atoms with Gasteiger partial charge in [-0.1, -0.05) is 0 Å². The zero-order valence-electron chi connectivity index (χ0n) is 11.7. The maximum atomic E-state index is 12.2. The Hall–Kier alpha value is -1.39. The topological polar surface area (TPSA) is 57.7 Å². The summed E-state index contributed by atoms with van der Waals surface area (Å²) in [4.78, 5) is 38.6. The van der Waals surface area contributed by atoms with Gasteiger partial charge in [0.1, 0.15) is 5.78 Å². The summed E-state index contributed by atoms with van der Waals surface area (Å²) in [6, 6.07) is 0. The van der Waals surface area contributed by atoms with Crippen molar-refractivity contribution in [3.05, 3.63) is 0 Å². The molecule has 106 valence electrons. The van der Waals surface area contributed by atoms with Gasteiger partial charge in [-0.05, 0) is 32.6 Å². The van der Waals surface area contributed by atoms with Crippen molar-refractivity contribution in [1.82, 2.24) is 9.80 Å². The molecule has 0 aromatic carbocycles. The summed E-state index contributed by atoms with van der Waals surface area (Å²) in [7, 11) is 1.63. The van der Waals surface area contributed by atoms with E-state index in [1.165, 1.54) is 18.2 Å². The Morgan fingerprint density at radius 2 is 1.74 bits per heavy atom. The van der Waals surface area contributed by atoms with Gasteiger partial charge in [-0.3, -0.25) is 14.4 Å². The lowest BCUT2D eigenvalue weighted by Crippen LogP contribution is -2.38. The molecule has 1 saturated heterocycles. The maximum Gasteiger partial charge on any atom is 0.226 e. The maximum absolute atomic E-state index is 12.2. The highest BCUT2D eigenvalue weighted by molar-refractivity contribution is 5.94. The minimum absolute atomic E-state index is 0.0320. The quantitative estimate of drug-likeness (QED) is 0.752. The molecule has 2 amide bonds. The van der Waals surface area contributed by atoms with Crippen LogP contribution in [0.3, 0.4) is 0 Å². The van der Waals surface area contributed by atoms with Crippen molar-refractivity contribution >= 4 is 17.6 Å². The molecule has 0 bridgehead atoms. The molecule has 1 heterocycles. The summed E-state index contributed by atoms with van der Waals surface area (Å²) in [6.07, 6.45) is 3.98. The Balaban J connectivity index is 1.84. The second kappa shape index (κ2) is 5.72. The molecule has 1 unspecified atom stereocenters. The second-order valence-electron chi connectivity index (χ2n) is 5.73. The number of likely N-dealkylation sites (N-methyl/N-ethyl adjacent to an activating group) is 1. The molecule has 0 aromatic rings. The van der Waals surface area contributed by atoms with Gasteiger partial charge in [-0.15, -0.1) is 0 Å². The van der Waals surface area contributed by atoms with Crippen LogP contribution in [-0.4, -0.2) is 54.1 Å². The number of Topliss-reactive ketones (excluding diaryl/α,β-unsaturated/α-hetero) is 1. The van der Waals surface area contributed by atoms with E-state index < -0.39 is 0 Å². The summed E-state index contributed by atoms with van der Waals surface area (Å²) in [5.41, 5.74) is 0. The lowest BCUT2D eigenvalue weighted by atomic mass is 10.1. The van der Waals surface area contributed by atoms with Crippen LogP contribution >= 0.6 is 0 Å². The number of hydrogen-bond acceptors (Lipinski definition) is 3. The molecular formula is C14H22N2O3. The van der Waals surface area contributed by atoms with E-state index in [4.69, 9.17) is 0 Å². The SMILES string of the molecule is CC(=O)CN(C)C(=O)C1C[C@@H]1C(=O)N1CCCCC1. The zero-order valence-corrected chi connectivity index (χ0v) is 11.7. The van der Waals surface area contributed by atoms with Crippen molar-refractivity contribution < 1.29 is 14.4 Å². The number of rotatable bonds is 4. The van der Waals surface area contributed by atoms with E-state index in [0.717, 1.165) is 25.9 Å². The van der Waals surface area contributed by atoms with Crippen LogP contribution in [0.25, 0.3) is 0 Å². The van der Waals surface area contributed by atoms with E-state index in [2.05, 4.69) is 0 Å². The summed E-state index contributed by atoms with van der Waals surface area (Å²) in [5.74, 6) is -0.297. The van der Waals surface area contributed by atoms with Crippen LogP contribution in [0.4, 0.5) is 0 Å². The fourth-order valence-corrected chi connectivity index (χ4v) is 2.78. The van der Waals surface area contributed by atoms with E-state index in [0.29, 0.717) is 6.42 Å². The molecule has 2 rings (SSSR count). The third-order valence-electron chi connectivity index (χ3n) is 3.93. The highest BCUT2D eigenvalue weighted by atomic mass is 16.2. The second-order valence-corrected chi connectivity index (χ2v) is 5.73. The zero-order chi connectivity index (χ0) is 14.0. The summed E-state index contributed by atoms with van der Waals surface area (Å²) in [5, 5.41) is 0. The normalized spacial score (nSPS) is 25.9. The molecule has 1 aliphatic carbocycles. The van der Waals surface area contributed by atoms with Crippen LogP contribution in [0.1, 0.15) is 32.6 Å². The Kier molecular flexibility index (Phi) is 4.22. The van der Waals surface area contributed by atoms with Crippen molar-refractivity contribution in [3.8, 4) is 0 Å². The van der Waals surface area contributed by atoms with E-state index in [9.17, 15) is 14.4 Å². The molecule has 0 spiro atoms. The van der Waals surface area contributed by atoms with E-state index in [1.807, 2.05) is 4.90 Å². The van der Waals surface area contributed by atoms with Gasteiger partial charge in [0, 0.05) is 20.1 Å². The van der Waals surface area contributed by atoms with Crippen LogP contribution in [0.2, 0.25) is 0 Å². The van der Waals surface area contributed by atoms with E-state index in [-0.39, 0.29) is 36.0 Å². The Morgan fingerprint density at radius 3 is 2.32 bits per heavy atom. The minimum Gasteiger partial charge on any atom is -0.342 e. The molecule has 19 heavy (non-hydrogen) atoms. The number of nitrogens with zero attached hydrogens (tertiary/aromatic N) is 2. The smallest absolute Gasteiger partial charge is 0.226 e. The first-order chi connectivity index (χ1) is 9.00. The monoisotopic (exact) mass is 266 g/mol. The summed E-state index contributed by atoms with van der Waals surface area (Å²) < 4.78 is 0. The van der Waals surface area contributed by atoms with Crippen molar-refractivity contribution in [2.45, 2.75) is 32.6 Å². The van der Waals surface area contributed by atoms with Crippen LogP contribution in [0.5, 0.6) is 0 Å². The molecule has 5 heteroatoms. The molecule has 5 nitrogen and oxygen atoms in total. The first kappa shape index (κ1) is 14.0. The molecule has 0 aromatic heterocycles. The number of likely N-dealkylation sites (tertiary alicyclic amines) is 1. The Bertz CT molecular complexity index is 388. The van der Waals surface area contributed by atoms with Crippen LogP contribution < -0.4 is 0 Å². The average Bonchev–Trinajstić information content (AvgIpc) is 3.17. The highest BCUT2D eigenvalue weighted by Gasteiger charge is 2.50. The lowest BCUT2D eigenvalue weighted by Gasteiger charge is -2.27. The van der Waals surface area contributed by atoms with Crippen molar-refractivity contribution in [2.75, 3.05) is 26.7 Å². The van der Waals surface area contributed by atoms with Crippen molar-refractivity contribution in [1.29, 1.82) is 0 Å². The van der Waals surface area contributed by atoms with Crippen LogP contribution in [0, 0.1) is 11.8 Å².